The first-order valence-electron chi connectivity index (χ1n) is 18.4. The summed E-state index contributed by atoms with van der Waals surface area (Å²) in [5, 5.41) is 0. The van der Waals surface area contributed by atoms with Crippen molar-refractivity contribution < 1.29 is 23.7 Å². The van der Waals surface area contributed by atoms with Gasteiger partial charge in [-0.1, -0.05) is 117 Å². The highest BCUT2D eigenvalue weighted by Gasteiger charge is 2.71. The molecule has 1 unspecified atom stereocenters. The van der Waals surface area contributed by atoms with Crippen LogP contribution in [0.15, 0.2) is 0 Å². The van der Waals surface area contributed by atoms with Crippen LogP contribution in [0.3, 0.4) is 0 Å². The van der Waals surface area contributed by atoms with Crippen LogP contribution < -0.4 is 0 Å². The summed E-state index contributed by atoms with van der Waals surface area (Å²) in [5.74, 6) is -1.64. The van der Waals surface area contributed by atoms with E-state index < -0.39 is 17.2 Å². The molecule has 0 N–H and O–H groups in total. The second-order valence-electron chi connectivity index (χ2n) is 14.0. The normalized spacial score (nSPS) is 29.6. The standard InChI is InChI=1S/C36H69NO5/c1-6-8-10-12-13-14-15-16-20-24-29-38-31-36-33(41-34(4,5)42-36)35(32(3)40-36,25-21-17-11-9-7-2)39-30-28-37-26-22-18-19-23-27-37/h32-33H,6-31H2,1-5H3/t32-,33-,35?,36-/m0/s1. The Morgan fingerprint density at radius 1 is 0.690 bits per heavy atom. The Morgan fingerprint density at radius 3 is 1.88 bits per heavy atom. The first-order chi connectivity index (χ1) is 20.4. The van der Waals surface area contributed by atoms with Crippen molar-refractivity contribution in [2.75, 3.05) is 39.5 Å². The van der Waals surface area contributed by atoms with Crippen LogP contribution in [-0.2, 0) is 23.7 Å². The molecule has 3 fully saturated rings. The first kappa shape index (κ1) is 36.2. The molecule has 3 aliphatic heterocycles. The van der Waals surface area contributed by atoms with Crippen molar-refractivity contribution in [3.63, 3.8) is 0 Å². The summed E-state index contributed by atoms with van der Waals surface area (Å²) in [5.41, 5.74) is -0.522. The number of unbranched alkanes of at least 4 members (excludes halogenated alkanes) is 13. The molecule has 0 aromatic carbocycles. The lowest BCUT2D eigenvalue weighted by molar-refractivity contribution is -0.281. The lowest BCUT2D eigenvalue weighted by Gasteiger charge is -2.38. The summed E-state index contributed by atoms with van der Waals surface area (Å²) in [4.78, 5) is 2.58. The van der Waals surface area contributed by atoms with Crippen LogP contribution in [0.25, 0.3) is 0 Å². The van der Waals surface area contributed by atoms with Gasteiger partial charge in [0.25, 0.3) is 0 Å². The number of likely N-dealkylation sites (tertiary alicyclic amines) is 1. The summed E-state index contributed by atoms with van der Waals surface area (Å²) in [6.45, 7) is 15.9. The van der Waals surface area contributed by atoms with E-state index in [0.29, 0.717) is 13.2 Å². The molecule has 0 saturated carbocycles. The number of nitrogens with zero attached hydrogens (tertiary/aromatic N) is 1. The molecule has 6 nitrogen and oxygen atoms in total. The predicted molar refractivity (Wildman–Crippen MR) is 173 cm³/mol. The maximum absolute atomic E-state index is 6.97. The van der Waals surface area contributed by atoms with Crippen molar-refractivity contribution in [3.8, 4) is 0 Å². The lowest BCUT2D eigenvalue weighted by Crippen LogP contribution is -2.54. The van der Waals surface area contributed by atoms with Crippen LogP contribution in [0.1, 0.15) is 163 Å². The monoisotopic (exact) mass is 596 g/mol. The predicted octanol–water partition coefficient (Wildman–Crippen LogP) is 9.18. The minimum atomic E-state index is -0.909. The maximum Gasteiger partial charge on any atom is 0.225 e. The molecule has 3 saturated heterocycles. The molecule has 3 aliphatic rings. The van der Waals surface area contributed by atoms with Crippen molar-refractivity contribution in [2.45, 2.75) is 192 Å². The fourth-order valence-electron chi connectivity index (χ4n) is 7.41. The molecule has 0 amide bonds. The van der Waals surface area contributed by atoms with Crippen LogP contribution >= 0.6 is 0 Å². The van der Waals surface area contributed by atoms with E-state index in [4.69, 9.17) is 23.7 Å². The summed E-state index contributed by atoms with van der Waals surface area (Å²) >= 11 is 0. The number of hydrogen-bond donors (Lipinski definition) is 0. The number of ether oxygens (including phenoxy) is 5. The second-order valence-corrected chi connectivity index (χ2v) is 14.0. The summed E-state index contributed by atoms with van der Waals surface area (Å²) in [6, 6.07) is 0. The quantitative estimate of drug-likeness (QED) is 0.110. The van der Waals surface area contributed by atoms with E-state index in [1.165, 1.54) is 122 Å². The summed E-state index contributed by atoms with van der Waals surface area (Å²) < 4.78 is 33.3. The first-order valence-corrected chi connectivity index (χ1v) is 18.4. The molecule has 3 rings (SSSR count). The van der Waals surface area contributed by atoms with Gasteiger partial charge in [0.15, 0.2) is 5.79 Å². The molecule has 42 heavy (non-hydrogen) atoms. The van der Waals surface area contributed by atoms with Gasteiger partial charge in [-0.2, -0.15) is 0 Å². The Labute approximate surface area is 260 Å². The fraction of sp³-hybridized carbons (Fsp3) is 1.00. The van der Waals surface area contributed by atoms with Crippen LogP contribution in [0.4, 0.5) is 0 Å². The number of hydrogen-bond acceptors (Lipinski definition) is 6. The highest BCUT2D eigenvalue weighted by Crippen LogP contribution is 2.53. The van der Waals surface area contributed by atoms with E-state index in [1.54, 1.807) is 0 Å². The summed E-state index contributed by atoms with van der Waals surface area (Å²) in [7, 11) is 0. The van der Waals surface area contributed by atoms with Crippen LogP contribution in [-0.4, -0.2) is 73.7 Å². The van der Waals surface area contributed by atoms with E-state index in [-0.39, 0.29) is 12.2 Å². The lowest BCUT2D eigenvalue weighted by atomic mass is 9.84. The molecular weight excluding hydrogens is 526 g/mol. The third kappa shape index (κ3) is 11.3. The van der Waals surface area contributed by atoms with Gasteiger partial charge in [-0.25, -0.2) is 0 Å². The molecule has 4 atom stereocenters. The average Bonchev–Trinajstić information content (AvgIpc) is 3.18. The largest absolute Gasteiger partial charge is 0.376 e. The molecule has 0 aromatic rings. The van der Waals surface area contributed by atoms with Crippen LogP contribution in [0.5, 0.6) is 0 Å². The zero-order valence-electron chi connectivity index (χ0n) is 28.5. The van der Waals surface area contributed by atoms with E-state index in [1.807, 2.05) is 13.8 Å². The van der Waals surface area contributed by atoms with Gasteiger partial charge < -0.3 is 28.6 Å². The van der Waals surface area contributed by atoms with Gasteiger partial charge in [0.05, 0.1) is 12.7 Å². The van der Waals surface area contributed by atoms with Gasteiger partial charge in [-0.15, -0.1) is 0 Å². The minimum absolute atomic E-state index is 0.116. The highest BCUT2D eigenvalue weighted by atomic mass is 16.9. The van der Waals surface area contributed by atoms with Gasteiger partial charge in [-0.05, 0) is 59.5 Å². The van der Waals surface area contributed by atoms with Crippen molar-refractivity contribution in [1.82, 2.24) is 4.90 Å². The smallest absolute Gasteiger partial charge is 0.225 e. The molecular formula is C36H69NO5. The third-order valence-electron chi connectivity index (χ3n) is 9.82. The molecule has 6 heteroatoms. The van der Waals surface area contributed by atoms with E-state index >= 15 is 0 Å². The van der Waals surface area contributed by atoms with Gasteiger partial charge in [0.1, 0.15) is 18.3 Å². The minimum Gasteiger partial charge on any atom is -0.376 e. The third-order valence-corrected chi connectivity index (χ3v) is 9.82. The topological polar surface area (TPSA) is 49.4 Å². The van der Waals surface area contributed by atoms with Crippen molar-refractivity contribution >= 4 is 0 Å². The summed E-state index contributed by atoms with van der Waals surface area (Å²) in [6.07, 6.45) is 25.2. The Balaban J connectivity index is 1.54. The van der Waals surface area contributed by atoms with Gasteiger partial charge in [-0.3, -0.25) is 0 Å². The van der Waals surface area contributed by atoms with Gasteiger partial charge in [0.2, 0.25) is 5.79 Å². The SMILES string of the molecule is CCCCCCCCCCCCOC[C@@]12O[C@@H](C)C(CCCCCCC)(OCCN3CCCCCC3)[C@@H]1OC(C)(C)O2. The molecule has 0 aromatic heterocycles. The van der Waals surface area contributed by atoms with Crippen molar-refractivity contribution in [2.24, 2.45) is 0 Å². The highest BCUT2D eigenvalue weighted by molar-refractivity contribution is 5.12. The fourth-order valence-corrected chi connectivity index (χ4v) is 7.41. The average molecular weight is 596 g/mol. The van der Waals surface area contributed by atoms with E-state index in [9.17, 15) is 0 Å². The number of rotatable bonds is 23. The van der Waals surface area contributed by atoms with Crippen LogP contribution in [0, 0.1) is 0 Å². The molecule has 3 heterocycles. The Bertz CT molecular complexity index is 696. The van der Waals surface area contributed by atoms with E-state index in [2.05, 4.69) is 25.7 Å². The Morgan fingerprint density at radius 2 is 1.26 bits per heavy atom. The van der Waals surface area contributed by atoms with Crippen molar-refractivity contribution in [1.29, 1.82) is 0 Å². The molecule has 0 aliphatic carbocycles. The van der Waals surface area contributed by atoms with Crippen LogP contribution in [0.2, 0.25) is 0 Å². The zero-order chi connectivity index (χ0) is 30.2. The van der Waals surface area contributed by atoms with Gasteiger partial charge >= 0.3 is 0 Å². The zero-order valence-corrected chi connectivity index (χ0v) is 28.5. The number of fused-ring (bicyclic) bond motifs is 1. The second kappa shape index (κ2) is 19.3. The molecule has 0 radical (unpaired) electrons. The van der Waals surface area contributed by atoms with E-state index in [0.717, 1.165) is 32.4 Å². The van der Waals surface area contributed by atoms with Gasteiger partial charge in [0, 0.05) is 13.2 Å². The molecule has 0 spiro atoms. The maximum atomic E-state index is 6.97. The Kier molecular flexibility index (Phi) is 16.7. The molecule has 0 bridgehead atoms. The van der Waals surface area contributed by atoms with Crippen molar-refractivity contribution in [3.05, 3.63) is 0 Å². The Hall–Kier alpha value is -0.240. The molecule has 248 valence electrons.